The number of amides is 1. The summed E-state index contributed by atoms with van der Waals surface area (Å²) in [5.74, 6) is -0.928. The fraction of sp³-hybridized carbons (Fsp3) is 0.130. The van der Waals surface area contributed by atoms with Crippen LogP contribution in [0.3, 0.4) is 0 Å². The lowest BCUT2D eigenvalue weighted by Crippen LogP contribution is -2.19. The van der Waals surface area contributed by atoms with Crippen LogP contribution in [0, 0.1) is 6.92 Å². The lowest BCUT2D eigenvalue weighted by Gasteiger charge is -2.14. The third-order valence-electron chi connectivity index (χ3n) is 4.46. The molecular weight excluding hydrogens is 416 g/mol. The van der Waals surface area contributed by atoms with Crippen molar-refractivity contribution in [1.29, 1.82) is 0 Å². The number of anilines is 2. The van der Waals surface area contributed by atoms with Crippen molar-refractivity contribution in [3.05, 3.63) is 89.5 Å². The summed E-state index contributed by atoms with van der Waals surface area (Å²) >= 11 is 0. The topological polar surface area (TPSA) is 102 Å². The van der Waals surface area contributed by atoms with Gasteiger partial charge in [0.2, 0.25) is 0 Å². The first-order valence-corrected chi connectivity index (χ1v) is 11.1. The fourth-order valence-electron chi connectivity index (χ4n) is 2.91. The molecule has 2 N–H and O–H groups in total. The minimum absolute atomic E-state index is 0.0932. The molecule has 3 rings (SSSR count). The summed E-state index contributed by atoms with van der Waals surface area (Å²) in [4.78, 5) is 24.9. The molecule has 3 aromatic carbocycles. The molecule has 0 atom stereocenters. The molecule has 0 aliphatic rings. The van der Waals surface area contributed by atoms with Crippen LogP contribution in [0.4, 0.5) is 11.4 Å². The number of ether oxygens (including phenoxy) is 1. The third-order valence-corrected chi connectivity index (χ3v) is 5.84. The molecule has 0 spiro atoms. The monoisotopic (exact) mass is 438 g/mol. The van der Waals surface area contributed by atoms with E-state index in [0.717, 1.165) is 0 Å². The van der Waals surface area contributed by atoms with Crippen LogP contribution in [0.2, 0.25) is 0 Å². The van der Waals surface area contributed by atoms with E-state index in [1.165, 1.54) is 24.3 Å². The number of aryl methyl sites for hydroxylation is 1. The van der Waals surface area contributed by atoms with Crippen LogP contribution in [0.25, 0.3) is 0 Å². The standard InChI is InChI=1S/C23H22N2O5S/c1-3-30-23(27)17-13-14-20(16(2)15-17)24-22(26)19-11-7-8-12-21(19)25-31(28,29)18-9-5-4-6-10-18/h4-15,25H,3H2,1-2H3,(H,24,26). The Hall–Kier alpha value is -3.65. The quantitative estimate of drug-likeness (QED) is 0.538. The minimum Gasteiger partial charge on any atom is -0.462 e. The van der Waals surface area contributed by atoms with Gasteiger partial charge in [-0.3, -0.25) is 9.52 Å². The number of carbonyl (C=O) groups excluding carboxylic acids is 2. The van der Waals surface area contributed by atoms with E-state index in [1.807, 2.05) is 0 Å². The van der Waals surface area contributed by atoms with E-state index < -0.39 is 21.9 Å². The molecule has 0 saturated carbocycles. The van der Waals surface area contributed by atoms with Crippen LogP contribution in [0.15, 0.2) is 77.7 Å². The minimum atomic E-state index is -3.85. The summed E-state index contributed by atoms with van der Waals surface area (Å²) in [6, 6.07) is 19.0. The van der Waals surface area contributed by atoms with Crippen LogP contribution in [-0.4, -0.2) is 26.9 Å². The van der Waals surface area contributed by atoms with E-state index in [4.69, 9.17) is 4.74 Å². The number of benzene rings is 3. The molecule has 3 aromatic rings. The number of sulfonamides is 1. The third kappa shape index (κ3) is 5.29. The molecule has 0 heterocycles. The molecule has 0 unspecified atom stereocenters. The summed E-state index contributed by atoms with van der Waals surface area (Å²) in [7, 11) is -3.85. The molecule has 0 fully saturated rings. The number of nitrogens with one attached hydrogen (secondary N) is 2. The van der Waals surface area contributed by atoms with Gasteiger partial charge in [0, 0.05) is 5.69 Å². The van der Waals surface area contributed by atoms with Crippen molar-refractivity contribution in [1.82, 2.24) is 0 Å². The highest BCUT2D eigenvalue weighted by molar-refractivity contribution is 7.92. The predicted octanol–water partition coefficient (Wildman–Crippen LogP) is 4.22. The smallest absolute Gasteiger partial charge is 0.338 e. The van der Waals surface area contributed by atoms with E-state index >= 15 is 0 Å². The molecule has 160 valence electrons. The molecule has 0 aliphatic carbocycles. The molecule has 7 nitrogen and oxygen atoms in total. The SMILES string of the molecule is CCOC(=O)c1ccc(NC(=O)c2ccccc2NS(=O)(=O)c2ccccc2)c(C)c1. The van der Waals surface area contributed by atoms with E-state index in [2.05, 4.69) is 10.0 Å². The summed E-state index contributed by atoms with van der Waals surface area (Å²) in [5, 5.41) is 2.76. The zero-order valence-electron chi connectivity index (χ0n) is 17.1. The van der Waals surface area contributed by atoms with E-state index in [1.54, 1.807) is 62.4 Å². The number of hydrogen-bond acceptors (Lipinski definition) is 5. The number of esters is 1. The van der Waals surface area contributed by atoms with Gasteiger partial charge in [-0.25, -0.2) is 13.2 Å². The molecule has 0 aliphatic heterocycles. The van der Waals surface area contributed by atoms with Crippen molar-refractivity contribution in [3.8, 4) is 0 Å². The lowest BCUT2D eigenvalue weighted by molar-refractivity contribution is 0.0526. The first-order chi connectivity index (χ1) is 14.8. The second-order valence-corrected chi connectivity index (χ2v) is 8.35. The Kier molecular flexibility index (Phi) is 6.71. The van der Waals surface area contributed by atoms with Crippen LogP contribution in [0.1, 0.15) is 33.2 Å². The normalized spacial score (nSPS) is 10.9. The first-order valence-electron chi connectivity index (χ1n) is 9.58. The van der Waals surface area contributed by atoms with Crippen molar-refractivity contribution in [2.75, 3.05) is 16.6 Å². The fourth-order valence-corrected chi connectivity index (χ4v) is 4.01. The molecule has 0 bridgehead atoms. The van der Waals surface area contributed by atoms with Crippen LogP contribution >= 0.6 is 0 Å². The van der Waals surface area contributed by atoms with Gasteiger partial charge in [0.05, 0.1) is 28.3 Å². The number of rotatable bonds is 7. The lowest BCUT2D eigenvalue weighted by atomic mass is 10.1. The maximum absolute atomic E-state index is 12.9. The number of carbonyl (C=O) groups is 2. The molecular formula is C23H22N2O5S. The highest BCUT2D eigenvalue weighted by Gasteiger charge is 2.19. The average molecular weight is 439 g/mol. The Morgan fingerprint density at radius 3 is 2.26 bits per heavy atom. The summed E-state index contributed by atoms with van der Waals surface area (Å²) in [5.41, 5.74) is 1.87. The Bertz CT molecular complexity index is 1210. The average Bonchev–Trinajstić information content (AvgIpc) is 2.76. The Labute approximate surface area is 181 Å². The van der Waals surface area contributed by atoms with Gasteiger partial charge in [-0.1, -0.05) is 30.3 Å². The van der Waals surface area contributed by atoms with Gasteiger partial charge in [0.15, 0.2) is 0 Å². The van der Waals surface area contributed by atoms with Gasteiger partial charge in [0.25, 0.3) is 15.9 Å². The number of para-hydroxylation sites is 1. The Morgan fingerprint density at radius 1 is 0.903 bits per heavy atom. The van der Waals surface area contributed by atoms with Crippen molar-refractivity contribution in [2.45, 2.75) is 18.7 Å². The summed E-state index contributed by atoms with van der Waals surface area (Å²) < 4.78 is 32.8. The largest absolute Gasteiger partial charge is 0.462 e. The molecule has 1 amide bonds. The zero-order chi connectivity index (χ0) is 22.4. The van der Waals surface area contributed by atoms with Gasteiger partial charge >= 0.3 is 5.97 Å². The zero-order valence-corrected chi connectivity index (χ0v) is 17.9. The molecule has 0 saturated heterocycles. The van der Waals surface area contributed by atoms with Crippen molar-refractivity contribution in [3.63, 3.8) is 0 Å². The van der Waals surface area contributed by atoms with E-state index in [-0.39, 0.29) is 22.8 Å². The molecule has 0 aromatic heterocycles. The maximum atomic E-state index is 12.9. The summed E-state index contributed by atoms with van der Waals surface area (Å²) in [6.45, 7) is 3.75. The second-order valence-electron chi connectivity index (χ2n) is 6.67. The molecule has 31 heavy (non-hydrogen) atoms. The van der Waals surface area contributed by atoms with Crippen LogP contribution in [0.5, 0.6) is 0 Å². The van der Waals surface area contributed by atoms with Crippen LogP contribution < -0.4 is 10.0 Å². The Balaban J connectivity index is 1.83. The second kappa shape index (κ2) is 9.44. The molecule has 0 radical (unpaired) electrons. The van der Waals surface area contributed by atoms with Crippen molar-refractivity contribution < 1.29 is 22.7 Å². The van der Waals surface area contributed by atoms with Crippen LogP contribution in [-0.2, 0) is 14.8 Å². The molecule has 8 heteroatoms. The van der Waals surface area contributed by atoms with E-state index in [9.17, 15) is 18.0 Å². The van der Waals surface area contributed by atoms with Crippen molar-refractivity contribution in [2.24, 2.45) is 0 Å². The van der Waals surface area contributed by atoms with Gasteiger partial charge < -0.3 is 10.1 Å². The van der Waals surface area contributed by atoms with Gasteiger partial charge in [-0.05, 0) is 61.9 Å². The maximum Gasteiger partial charge on any atom is 0.338 e. The highest BCUT2D eigenvalue weighted by Crippen LogP contribution is 2.23. The Morgan fingerprint density at radius 2 is 1.58 bits per heavy atom. The first kappa shape index (κ1) is 22.0. The van der Waals surface area contributed by atoms with Crippen molar-refractivity contribution >= 4 is 33.3 Å². The van der Waals surface area contributed by atoms with E-state index in [0.29, 0.717) is 16.8 Å². The summed E-state index contributed by atoms with van der Waals surface area (Å²) in [6.07, 6.45) is 0. The number of hydrogen-bond donors (Lipinski definition) is 2. The van der Waals surface area contributed by atoms with Gasteiger partial charge in [-0.15, -0.1) is 0 Å². The van der Waals surface area contributed by atoms with Gasteiger partial charge in [-0.2, -0.15) is 0 Å². The predicted molar refractivity (Wildman–Crippen MR) is 119 cm³/mol. The highest BCUT2D eigenvalue weighted by atomic mass is 32.2. The van der Waals surface area contributed by atoms with Gasteiger partial charge in [0.1, 0.15) is 0 Å².